The average molecular weight is 187 g/mol. The van der Waals surface area contributed by atoms with E-state index in [1.165, 1.54) is 23.8 Å². The Morgan fingerprint density at radius 2 is 2.14 bits per heavy atom. The van der Waals surface area contributed by atoms with Gasteiger partial charge in [-0.2, -0.15) is 5.10 Å². The number of nitrogens with zero attached hydrogens (tertiary/aromatic N) is 3. The fraction of sp³-hybridized carbons (Fsp3) is 0.455. The number of fused-ring (bicyclic) bond motifs is 1. The largest absolute Gasteiger partial charge is 0.244 e. The molecule has 2 aromatic heterocycles. The highest BCUT2D eigenvalue weighted by Gasteiger charge is 2.26. The van der Waals surface area contributed by atoms with Crippen molar-refractivity contribution in [2.75, 3.05) is 0 Å². The highest BCUT2D eigenvalue weighted by atomic mass is 15.3. The van der Waals surface area contributed by atoms with Crippen LogP contribution in [-0.4, -0.2) is 14.8 Å². The standard InChI is InChI=1S/C11H13N3/c1-7-5-9-6-12-14(10-3-4-10)11(9)13-8(7)2/h5-6,10H,3-4H2,1-2H3. The van der Waals surface area contributed by atoms with E-state index in [0.29, 0.717) is 6.04 Å². The van der Waals surface area contributed by atoms with Gasteiger partial charge in [0.25, 0.3) is 0 Å². The molecule has 2 heterocycles. The summed E-state index contributed by atoms with van der Waals surface area (Å²) in [5.41, 5.74) is 3.41. The van der Waals surface area contributed by atoms with E-state index in [2.05, 4.69) is 34.7 Å². The predicted octanol–water partition coefficient (Wildman–Crippen LogP) is 2.38. The number of hydrogen-bond donors (Lipinski definition) is 0. The summed E-state index contributed by atoms with van der Waals surface area (Å²) in [5.74, 6) is 0. The molecule has 14 heavy (non-hydrogen) atoms. The molecule has 0 aliphatic heterocycles. The van der Waals surface area contributed by atoms with Gasteiger partial charge in [0.15, 0.2) is 5.65 Å². The van der Waals surface area contributed by atoms with E-state index in [1.807, 2.05) is 6.20 Å². The van der Waals surface area contributed by atoms with Crippen LogP contribution in [0.4, 0.5) is 0 Å². The van der Waals surface area contributed by atoms with E-state index in [-0.39, 0.29) is 0 Å². The first-order valence-corrected chi connectivity index (χ1v) is 5.07. The molecule has 72 valence electrons. The molecule has 0 spiro atoms. The van der Waals surface area contributed by atoms with Crippen molar-refractivity contribution in [1.82, 2.24) is 14.8 Å². The zero-order chi connectivity index (χ0) is 9.71. The van der Waals surface area contributed by atoms with Gasteiger partial charge in [0, 0.05) is 11.1 Å². The van der Waals surface area contributed by atoms with Crippen LogP contribution in [0, 0.1) is 13.8 Å². The SMILES string of the molecule is Cc1cc2cnn(C3CC3)c2nc1C. The smallest absolute Gasteiger partial charge is 0.158 e. The summed E-state index contributed by atoms with van der Waals surface area (Å²) in [6.45, 7) is 4.15. The molecule has 0 unspecified atom stereocenters. The van der Waals surface area contributed by atoms with Crippen LogP contribution in [0.2, 0.25) is 0 Å². The second-order valence-corrected chi connectivity index (χ2v) is 4.12. The summed E-state index contributed by atoms with van der Waals surface area (Å²) in [5, 5.41) is 5.56. The summed E-state index contributed by atoms with van der Waals surface area (Å²) in [6.07, 6.45) is 4.43. The molecular weight excluding hydrogens is 174 g/mol. The average Bonchev–Trinajstić information content (AvgIpc) is 2.91. The molecule has 0 bridgehead atoms. The predicted molar refractivity (Wildman–Crippen MR) is 55.3 cm³/mol. The van der Waals surface area contributed by atoms with Gasteiger partial charge in [-0.15, -0.1) is 0 Å². The van der Waals surface area contributed by atoms with Crippen molar-refractivity contribution in [2.24, 2.45) is 0 Å². The van der Waals surface area contributed by atoms with Crippen molar-refractivity contribution >= 4 is 11.0 Å². The van der Waals surface area contributed by atoms with Crippen molar-refractivity contribution in [2.45, 2.75) is 32.7 Å². The van der Waals surface area contributed by atoms with E-state index in [9.17, 15) is 0 Å². The van der Waals surface area contributed by atoms with Crippen molar-refractivity contribution in [3.8, 4) is 0 Å². The van der Waals surface area contributed by atoms with Gasteiger partial charge in [-0.05, 0) is 38.3 Å². The Morgan fingerprint density at radius 1 is 1.36 bits per heavy atom. The van der Waals surface area contributed by atoms with Gasteiger partial charge in [0.2, 0.25) is 0 Å². The van der Waals surface area contributed by atoms with Crippen molar-refractivity contribution in [3.63, 3.8) is 0 Å². The molecule has 2 aromatic rings. The lowest BCUT2D eigenvalue weighted by molar-refractivity contribution is 0.658. The summed E-state index contributed by atoms with van der Waals surface area (Å²) < 4.78 is 2.07. The molecule has 3 heteroatoms. The fourth-order valence-corrected chi connectivity index (χ4v) is 1.76. The second-order valence-electron chi connectivity index (χ2n) is 4.12. The molecule has 0 aromatic carbocycles. The van der Waals surface area contributed by atoms with Crippen LogP contribution in [0.3, 0.4) is 0 Å². The summed E-state index contributed by atoms with van der Waals surface area (Å²) in [7, 11) is 0. The lowest BCUT2D eigenvalue weighted by Gasteiger charge is -2.02. The first kappa shape index (κ1) is 7.97. The minimum absolute atomic E-state index is 0.613. The quantitative estimate of drug-likeness (QED) is 0.686. The Labute approximate surface area is 82.8 Å². The van der Waals surface area contributed by atoms with Gasteiger partial charge >= 0.3 is 0 Å². The molecule has 1 fully saturated rings. The maximum atomic E-state index is 4.60. The van der Waals surface area contributed by atoms with E-state index in [4.69, 9.17) is 0 Å². The van der Waals surface area contributed by atoms with Gasteiger partial charge in [-0.3, -0.25) is 0 Å². The molecule has 0 atom stereocenters. The number of aryl methyl sites for hydroxylation is 2. The first-order valence-electron chi connectivity index (χ1n) is 5.07. The minimum Gasteiger partial charge on any atom is -0.244 e. The molecule has 0 radical (unpaired) electrons. The molecule has 1 saturated carbocycles. The van der Waals surface area contributed by atoms with Crippen LogP contribution in [0.15, 0.2) is 12.3 Å². The Bertz CT molecular complexity index is 494. The molecule has 1 aliphatic rings. The zero-order valence-corrected chi connectivity index (χ0v) is 8.49. The van der Waals surface area contributed by atoms with Gasteiger partial charge in [-0.25, -0.2) is 9.67 Å². The van der Waals surface area contributed by atoms with Gasteiger partial charge in [0.1, 0.15) is 0 Å². The Kier molecular flexibility index (Phi) is 1.46. The third kappa shape index (κ3) is 1.05. The Hall–Kier alpha value is -1.38. The summed E-state index contributed by atoms with van der Waals surface area (Å²) in [6, 6.07) is 2.78. The van der Waals surface area contributed by atoms with Crippen LogP contribution in [0.5, 0.6) is 0 Å². The molecule has 0 saturated heterocycles. The highest BCUT2D eigenvalue weighted by Crippen LogP contribution is 2.36. The van der Waals surface area contributed by atoms with Crippen LogP contribution < -0.4 is 0 Å². The lowest BCUT2D eigenvalue weighted by atomic mass is 10.2. The normalized spacial score (nSPS) is 16.4. The molecule has 1 aliphatic carbocycles. The summed E-state index contributed by atoms with van der Waals surface area (Å²) >= 11 is 0. The maximum Gasteiger partial charge on any atom is 0.158 e. The lowest BCUT2D eigenvalue weighted by Crippen LogP contribution is -1.98. The van der Waals surface area contributed by atoms with E-state index < -0.39 is 0 Å². The number of aromatic nitrogens is 3. The third-order valence-electron chi connectivity index (χ3n) is 2.91. The number of rotatable bonds is 1. The number of pyridine rings is 1. The Balaban J connectivity index is 2.29. The molecular formula is C11H13N3. The molecule has 3 nitrogen and oxygen atoms in total. The van der Waals surface area contributed by atoms with Gasteiger partial charge < -0.3 is 0 Å². The summed E-state index contributed by atoms with van der Waals surface area (Å²) in [4.78, 5) is 4.60. The number of hydrogen-bond acceptors (Lipinski definition) is 2. The van der Waals surface area contributed by atoms with Crippen molar-refractivity contribution in [1.29, 1.82) is 0 Å². The molecule has 0 N–H and O–H groups in total. The van der Waals surface area contributed by atoms with E-state index >= 15 is 0 Å². The van der Waals surface area contributed by atoms with Crippen molar-refractivity contribution in [3.05, 3.63) is 23.5 Å². The molecule has 3 rings (SSSR count). The Morgan fingerprint density at radius 3 is 2.86 bits per heavy atom. The van der Waals surface area contributed by atoms with Crippen LogP contribution >= 0.6 is 0 Å². The molecule has 0 amide bonds. The topological polar surface area (TPSA) is 30.7 Å². The van der Waals surface area contributed by atoms with Crippen molar-refractivity contribution < 1.29 is 0 Å². The third-order valence-corrected chi connectivity index (χ3v) is 2.91. The fourth-order valence-electron chi connectivity index (χ4n) is 1.76. The zero-order valence-electron chi connectivity index (χ0n) is 8.49. The van der Waals surface area contributed by atoms with Crippen LogP contribution in [0.1, 0.15) is 30.1 Å². The van der Waals surface area contributed by atoms with E-state index in [0.717, 1.165) is 11.3 Å². The van der Waals surface area contributed by atoms with Crippen LogP contribution in [0.25, 0.3) is 11.0 Å². The monoisotopic (exact) mass is 187 g/mol. The highest BCUT2D eigenvalue weighted by molar-refractivity contribution is 5.75. The van der Waals surface area contributed by atoms with Gasteiger partial charge in [0.05, 0.1) is 12.2 Å². The first-order chi connectivity index (χ1) is 6.75. The maximum absolute atomic E-state index is 4.60. The van der Waals surface area contributed by atoms with Crippen LogP contribution in [-0.2, 0) is 0 Å². The second kappa shape index (κ2) is 2.56. The van der Waals surface area contributed by atoms with Gasteiger partial charge in [-0.1, -0.05) is 0 Å². The minimum atomic E-state index is 0.613. The van der Waals surface area contributed by atoms with E-state index in [1.54, 1.807) is 0 Å².